The van der Waals surface area contributed by atoms with E-state index in [1.165, 1.54) is 12.2 Å². The summed E-state index contributed by atoms with van der Waals surface area (Å²) in [6.45, 7) is 2.54. The molecule has 19 heavy (non-hydrogen) atoms. The van der Waals surface area contributed by atoms with Crippen molar-refractivity contribution in [3.8, 4) is 0 Å². The van der Waals surface area contributed by atoms with Crippen LogP contribution in [-0.2, 0) is 0 Å². The lowest BCUT2D eigenvalue weighted by Gasteiger charge is -2.25. The summed E-state index contributed by atoms with van der Waals surface area (Å²) >= 11 is 1.96. The Morgan fingerprint density at radius 3 is 3.05 bits per heavy atom. The largest absolute Gasteiger partial charge is 0.399 e. The van der Waals surface area contributed by atoms with E-state index >= 15 is 0 Å². The number of nitrogens with one attached hydrogen (secondary N) is 2. The number of nitrogen functional groups attached to an aromatic ring is 1. The summed E-state index contributed by atoms with van der Waals surface area (Å²) < 4.78 is 0. The third-order valence-corrected chi connectivity index (χ3v) is 4.36. The summed E-state index contributed by atoms with van der Waals surface area (Å²) in [5.41, 5.74) is 8.03. The van der Waals surface area contributed by atoms with Crippen LogP contribution >= 0.6 is 11.8 Å². The zero-order valence-electron chi connectivity index (χ0n) is 11.2. The minimum Gasteiger partial charge on any atom is -0.399 e. The molecule has 1 fully saturated rings. The normalized spacial score (nSPS) is 18.9. The van der Waals surface area contributed by atoms with E-state index in [0.29, 0.717) is 23.8 Å². The van der Waals surface area contributed by atoms with Crippen molar-refractivity contribution in [1.82, 2.24) is 5.32 Å². The van der Waals surface area contributed by atoms with Gasteiger partial charge in [0.15, 0.2) is 0 Å². The number of benzene rings is 1. The number of amides is 1. The lowest BCUT2D eigenvalue weighted by Crippen LogP contribution is -2.29. The predicted octanol–water partition coefficient (Wildman–Crippen LogP) is 2.33. The van der Waals surface area contributed by atoms with Crippen molar-refractivity contribution >= 4 is 29.0 Å². The van der Waals surface area contributed by atoms with Crippen LogP contribution in [-0.4, -0.2) is 30.0 Å². The zero-order chi connectivity index (χ0) is 13.7. The van der Waals surface area contributed by atoms with Crippen molar-refractivity contribution in [2.45, 2.75) is 25.8 Å². The van der Waals surface area contributed by atoms with Gasteiger partial charge in [0.1, 0.15) is 0 Å². The van der Waals surface area contributed by atoms with Crippen LogP contribution in [0.1, 0.15) is 30.1 Å². The molecule has 1 amide bonds. The monoisotopic (exact) mass is 279 g/mol. The van der Waals surface area contributed by atoms with E-state index in [1.54, 1.807) is 12.1 Å². The van der Waals surface area contributed by atoms with Crippen molar-refractivity contribution in [2.75, 3.05) is 29.1 Å². The molecule has 0 aliphatic carbocycles. The Hall–Kier alpha value is -1.36. The Bertz CT molecular complexity index is 444. The maximum Gasteiger partial charge on any atom is 0.253 e. The van der Waals surface area contributed by atoms with Gasteiger partial charge < -0.3 is 16.4 Å². The molecular weight excluding hydrogens is 258 g/mol. The molecule has 0 bridgehead atoms. The first-order valence-electron chi connectivity index (χ1n) is 6.72. The van der Waals surface area contributed by atoms with Crippen molar-refractivity contribution in [3.63, 3.8) is 0 Å². The molecule has 4 N–H and O–H groups in total. The van der Waals surface area contributed by atoms with Gasteiger partial charge in [-0.15, -0.1) is 0 Å². The summed E-state index contributed by atoms with van der Waals surface area (Å²) in [5.74, 6) is 2.27. The SMILES string of the molecule is CCNC(=O)c1ccc(N)cc1NC1CCCSC1. The number of hydrogen-bond acceptors (Lipinski definition) is 4. The number of thioether (sulfide) groups is 1. The van der Waals surface area contributed by atoms with Crippen molar-refractivity contribution in [1.29, 1.82) is 0 Å². The van der Waals surface area contributed by atoms with Crippen LogP contribution in [0.3, 0.4) is 0 Å². The Labute approximate surface area is 118 Å². The molecule has 4 nitrogen and oxygen atoms in total. The van der Waals surface area contributed by atoms with Gasteiger partial charge in [-0.2, -0.15) is 11.8 Å². The molecule has 0 saturated carbocycles. The fourth-order valence-corrected chi connectivity index (χ4v) is 3.28. The van der Waals surface area contributed by atoms with Crippen molar-refractivity contribution < 1.29 is 4.79 Å². The molecule has 0 aromatic heterocycles. The van der Waals surface area contributed by atoms with E-state index in [9.17, 15) is 4.79 Å². The number of anilines is 2. The van der Waals surface area contributed by atoms with Crippen LogP contribution in [0, 0.1) is 0 Å². The van der Waals surface area contributed by atoms with Gasteiger partial charge in [-0.3, -0.25) is 4.79 Å². The Morgan fingerprint density at radius 1 is 1.53 bits per heavy atom. The van der Waals surface area contributed by atoms with Crippen LogP contribution in [0.5, 0.6) is 0 Å². The third kappa shape index (κ3) is 3.80. The van der Waals surface area contributed by atoms with Gasteiger partial charge in [-0.1, -0.05) is 0 Å². The molecule has 0 spiro atoms. The molecule has 0 radical (unpaired) electrons. The summed E-state index contributed by atoms with van der Waals surface area (Å²) in [7, 11) is 0. The molecule has 1 aliphatic heterocycles. The maximum absolute atomic E-state index is 12.0. The number of nitrogens with two attached hydrogens (primary N) is 1. The first-order valence-corrected chi connectivity index (χ1v) is 7.88. The first-order chi connectivity index (χ1) is 9.20. The highest BCUT2D eigenvalue weighted by Crippen LogP contribution is 2.25. The highest BCUT2D eigenvalue weighted by Gasteiger charge is 2.17. The van der Waals surface area contributed by atoms with Crippen LogP contribution in [0.25, 0.3) is 0 Å². The van der Waals surface area contributed by atoms with Crippen LogP contribution in [0.4, 0.5) is 11.4 Å². The topological polar surface area (TPSA) is 67.2 Å². The standard InChI is InChI=1S/C14H21N3OS/c1-2-16-14(18)12-6-5-10(15)8-13(12)17-11-4-3-7-19-9-11/h5-6,8,11,17H,2-4,7,9,15H2,1H3,(H,16,18). The quantitative estimate of drug-likeness (QED) is 0.740. The van der Waals surface area contributed by atoms with E-state index < -0.39 is 0 Å². The van der Waals surface area contributed by atoms with E-state index in [2.05, 4.69) is 10.6 Å². The average molecular weight is 279 g/mol. The van der Waals surface area contributed by atoms with Gasteiger partial charge in [-0.25, -0.2) is 0 Å². The van der Waals surface area contributed by atoms with Crippen molar-refractivity contribution in [3.05, 3.63) is 23.8 Å². The summed E-state index contributed by atoms with van der Waals surface area (Å²) in [6.07, 6.45) is 2.37. The second-order valence-corrected chi connectivity index (χ2v) is 5.87. The molecule has 1 saturated heterocycles. The highest BCUT2D eigenvalue weighted by atomic mass is 32.2. The molecule has 1 aromatic carbocycles. The lowest BCUT2D eigenvalue weighted by molar-refractivity contribution is 0.0956. The molecule has 2 rings (SSSR count). The fraction of sp³-hybridized carbons (Fsp3) is 0.500. The predicted molar refractivity (Wildman–Crippen MR) is 82.8 cm³/mol. The van der Waals surface area contributed by atoms with Crippen LogP contribution in [0.2, 0.25) is 0 Å². The van der Waals surface area contributed by atoms with E-state index in [0.717, 1.165) is 17.9 Å². The molecule has 1 heterocycles. The van der Waals surface area contributed by atoms with Gasteiger partial charge in [-0.05, 0) is 43.7 Å². The zero-order valence-corrected chi connectivity index (χ0v) is 12.1. The number of carbonyl (C=O) groups is 1. The lowest BCUT2D eigenvalue weighted by atomic mass is 10.1. The van der Waals surface area contributed by atoms with Crippen LogP contribution in [0.15, 0.2) is 18.2 Å². The van der Waals surface area contributed by atoms with Crippen molar-refractivity contribution in [2.24, 2.45) is 0 Å². The Kier molecular flexibility index (Phi) is 4.96. The van der Waals surface area contributed by atoms with E-state index in [1.807, 2.05) is 24.8 Å². The summed E-state index contributed by atoms with van der Waals surface area (Å²) in [5, 5.41) is 6.30. The third-order valence-electron chi connectivity index (χ3n) is 3.15. The Morgan fingerprint density at radius 2 is 2.37 bits per heavy atom. The van der Waals surface area contributed by atoms with Gasteiger partial charge in [0, 0.05) is 29.7 Å². The van der Waals surface area contributed by atoms with E-state index in [-0.39, 0.29) is 5.91 Å². The number of hydrogen-bond donors (Lipinski definition) is 3. The van der Waals surface area contributed by atoms with Crippen LogP contribution < -0.4 is 16.4 Å². The molecule has 1 aromatic rings. The Balaban J connectivity index is 2.16. The second-order valence-electron chi connectivity index (χ2n) is 4.72. The average Bonchev–Trinajstić information content (AvgIpc) is 2.40. The van der Waals surface area contributed by atoms with Gasteiger partial charge >= 0.3 is 0 Å². The highest BCUT2D eigenvalue weighted by molar-refractivity contribution is 7.99. The molecular formula is C14H21N3OS. The maximum atomic E-state index is 12.0. The minimum atomic E-state index is -0.0477. The molecule has 1 aliphatic rings. The van der Waals surface area contributed by atoms with E-state index in [4.69, 9.17) is 5.73 Å². The molecule has 1 unspecified atom stereocenters. The minimum absolute atomic E-state index is 0.0477. The summed E-state index contributed by atoms with van der Waals surface area (Å²) in [6, 6.07) is 5.84. The van der Waals surface area contributed by atoms with Gasteiger partial charge in [0.2, 0.25) is 0 Å². The molecule has 1 atom stereocenters. The van der Waals surface area contributed by atoms with Gasteiger partial charge in [0.05, 0.1) is 5.56 Å². The fourth-order valence-electron chi connectivity index (χ4n) is 2.21. The van der Waals surface area contributed by atoms with Gasteiger partial charge in [0.25, 0.3) is 5.91 Å². The number of carbonyl (C=O) groups excluding carboxylic acids is 1. The first kappa shape index (κ1) is 14.1. The summed E-state index contributed by atoms with van der Waals surface area (Å²) in [4.78, 5) is 12.0. The molecule has 104 valence electrons. The smallest absolute Gasteiger partial charge is 0.253 e. The second kappa shape index (κ2) is 6.70. The number of rotatable bonds is 4. The molecule has 5 heteroatoms.